The molecule has 0 aliphatic carbocycles. The summed E-state index contributed by atoms with van der Waals surface area (Å²) < 4.78 is 6.34. The number of hydrogen-bond acceptors (Lipinski definition) is 4. The van der Waals surface area contributed by atoms with Crippen LogP contribution in [0.1, 0.15) is 11.1 Å². The number of halogens is 2. The topological polar surface area (TPSA) is 94.6 Å². The van der Waals surface area contributed by atoms with Crippen molar-refractivity contribution >= 4 is 40.3 Å². The van der Waals surface area contributed by atoms with E-state index < -0.39 is 11.6 Å². The van der Waals surface area contributed by atoms with Gasteiger partial charge in [0.05, 0.1) is 21.8 Å². The second-order valence-electron chi connectivity index (χ2n) is 5.91. The third-order valence-corrected chi connectivity index (χ3v) is 4.96. The minimum absolute atomic E-state index is 0.263. The zero-order chi connectivity index (χ0) is 19.6. The van der Waals surface area contributed by atoms with Gasteiger partial charge in [0.15, 0.2) is 5.75 Å². The lowest BCUT2D eigenvalue weighted by Crippen LogP contribution is -2.18. The number of rotatable bonds is 5. The Morgan fingerprint density at radius 2 is 2.00 bits per heavy atom. The predicted molar refractivity (Wildman–Crippen MR) is 105 cm³/mol. The van der Waals surface area contributed by atoms with E-state index in [1.807, 2.05) is 12.1 Å². The van der Waals surface area contributed by atoms with Crippen LogP contribution in [0.25, 0.3) is 10.9 Å². The van der Waals surface area contributed by atoms with Crippen molar-refractivity contribution in [3.8, 4) is 5.75 Å². The maximum Gasteiger partial charge on any atom is 0.511 e. The number of fused-ring (bicyclic) bond motifs is 1. The van der Waals surface area contributed by atoms with Gasteiger partial charge < -0.3 is 20.1 Å². The standard InChI is InChI=1S/C19H16Cl2N2O4/c20-14-3-1-2-12(17(14)21)8-11-4-5-15-13(9-11)18(24)16(27-19(25)26)10-23(15)7-6-22/h1-5,9-10H,6-8,22H2,(H,25,26). The van der Waals surface area contributed by atoms with Crippen molar-refractivity contribution < 1.29 is 14.6 Å². The molecule has 0 amide bonds. The fourth-order valence-electron chi connectivity index (χ4n) is 2.92. The first-order valence-corrected chi connectivity index (χ1v) is 8.86. The Hall–Kier alpha value is -2.54. The highest BCUT2D eigenvalue weighted by Gasteiger charge is 2.14. The van der Waals surface area contributed by atoms with E-state index in [1.54, 1.807) is 28.8 Å². The molecule has 1 heterocycles. The number of nitrogens with zero attached hydrogens (tertiary/aromatic N) is 1. The van der Waals surface area contributed by atoms with Crippen LogP contribution in [-0.4, -0.2) is 22.4 Å². The van der Waals surface area contributed by atoms with Crippen molar-refractivity contribution in [2.75, 3.05) is 6.54 Å². The number of benzene rings is 2. The Labute approximate surface area is 164 Å². The summed E-state index contributed by atoms with van der Waals surface area (Å²) in [7, 11) is 0. The van der Waals surface area contributed by atoms with E-state index in [4.69, 9.17) is 34.0 Å². The number of hydrogen-bond donors (Lipinski definition) is 2. The third kappa shape index (κ3) is 4.08. The van der Waals surface area contributed by atoms with Crippen molar-refractivity contribution in [1.82, 2.24) is 4.57 Å². The van der Waals surface area contributed by atoms with Gasteiger partial charge in [-0.15, -0.1) is 0 Å². The molecule has 0 atom stereocenters. The van der Waals surface area contributed by atoms with Gasteiger partial charge in [-0.1, -0.05) is 41.4 Å². The van der Waals surface area contributed by atoms with Crippen molar-refractivity contribution in [3.63, 3.8) is 0 Å². The molecule has 0 spiro atoms. The number of aromatic nitrogens is 1. The molecule has 0 saturated carbocycles. The second-order valence-corrected chi connectivity index (χ2v) is 6.70. The van der Waals surface area contributed by atoms with Crippen LogP contribution in [0.5, 0.6) is 5.75 Å². The lowest BCUT2D eigenvalue weighted by atomic mass is 10.0. The SMILES string of the molecule is NCCn1cc(OC(=O)O)c(=O)c2cc(Cc3cccc(Cl)c3Cl)ccc21. The van der Waals surface area contributed by atoms with E-state index in [9.17, 15) is 9.59 Å². The van der Waals surface area contributed by atoms with Crippen LogP contribution >= 0.6 is 23.2 Å². The van der Waals surface area contributed by atoms with Crippen LogP contribution in [0.4, 0.5) is 4.79 Å². The number of pyridine rings is 1. The third-order valence-electron chi connectivity index (χ3n) is 4.11. The number of carboxylic acid groups (broad SMARTS) is 1. The van der Waals surface area contributed by atoms with Gasteiger partial charge in [0.25, 0.3) is 0 Å². The zero-order valence-corrected chi connectivity index (χ0v) is 15.6. The van der Waals surface area contributed by atoms with E-state index >= 15 is 0 Å². The molecule has 1 aromatic heterocycles. The normalized spacial score (nSPS) is 10.9. The van der Waals surface area contributed by atoms with Crippen LogP contribution in [0.15, 0.2) is 47.4 Å². The van der Waals surface area contributed by atoms with Crippen LogP contribution in [0, 0.1) is 0 Å². The Kier molecular flexibility index (Phi) is 5.70. The van der Waals surface area contributed by atoms with E-state index in [0.29, 0.717) is 40.5 Å². The van der Waals surface area contributed by atoms with Gasteiger partial charge in [-0.25, -0.2) is 4.79 Å². The van der Waals surface area contributed by atoms with Gasteiger partial charge in [0.1, 0.15) is 0 Å². The molecule has 0 bridgehead atoms. The summed E-state index contributed by atoms with van der Waals surface area (Å²) in [6.45, 7) is 0.733. The maximum absolute atomic E-state index is 12.7. The van der Waals surface area contributed by atoms with E-state index in [1.165, 1.54) is 6.20 Å². The molecule has 6 nitrogen and oxygen atoms in total. The highest BCUT2D eigenvalue weighted by Crippen LogP contribution is 2.28. The summed E-state index contributed by atoms with van der Waals surface area (Å²) >= 11 is 12.3. The highest BCUT2D eigenvalue weighted by atomic mass is 35.5. The Morgan fingerprint density at radius 1 is 1.22 bits per heavy atom. The molecule has 3 aromatic rings. The van der Waals surface area contributed by atoms with Gasteiger partial charge >= 0.3 is 6.16 Å². The molecule has 27 heavy (non-hydrogen) atoms. The summed E-state index contributed by atoms with van der Waals surface area (Å²) in [6, 6.07) is 10.7. The Balaban J connectivity index is 2.12. The Morgan fingerprint density at radius 3 is 2.70 bits per heavy atom. The van der Waals surface area contributed by atoms with Gasteiger partial charge in [0.2, 0.25) is 5.43 Å². The van der Waals surface area contributed by atoms with Gasteiger partial charge in [0, 0.05) is 18.5 Å². The molecule has 0 unspecified atom stereocenters. The maximum atomic E-state index is 12.7. The van der Waals surface area contributed by atoms with E-state index in [-0.39, 0.29) is 5.75 Å². The van der Waals surface area contributed by atoms with E-state index in [2.05, 4.69) is 4.74 Å². The summed E-state index contributed by atoms with van der Waals surface area (Å²) in [5, 5.41) is 10.1. The minimum Gasteiger partial charge on any atom is -0.449 e. The summed E-state index contributed by atoms with van der Waals surface area (Å²) in [4.78, 5) is 23.5. The Bertz CT molecular complexity index is 1080. The molecule has 8 heteroatoms. The van der Waals surface area contributed by atoms with Gasteiger partial charge in [-0.2, -0.15) is 0 Å². The molecule has 0 aliphatic heterocycles. The molecule has 3 rings (SSSR count). The fourth-order valence-corrected chi connectivity index (χ4v) is 3.31. The first kappa shape index (κ1) is 19.2. The molecule has 140 valence electrons. The van der Waals surface area contributed by atoms with Gasteiger partial charge in [-0.3, -0.25) is 4.79 Å². The van der Waals surface area contributed by atoms with Crippen LogP contribution in [0.3, 0.4) is 0 Å². The molecule has 0 radical (unpaired) electrons. The second kappa shape index (κ2) is 8.00. The smallest absolute Gasteiger partial charge is 0.449 e. The van der Waals surface area contributed by atoms with Gasteiger partial charge in [-0.05, 0) is 35.7 Å². The molecule has 0 saturated heterocycles. The molecule has 0 aliphatic rings. The van der Waals surface area contributed by atoms with Crippen LogP contribution in [0.2, 0.25) is 10.0 Å². The first-order chi connectivity index (χ1) is 12.9. The fraction of sp³-hybridized carbons (Fsp3) is 0.158. The summed E-state index contributed by atoms with van der Waals surface area (Å²) in [5.41, 5.74) is 7.42. The summed E-state index contributed by atoms with van der Waals surface area (Å²) in [5.74, 6) is -0.263. The first-order valence-electron chi connectivity index (χ1n) is 8.10. The van der Waals surface area contributed by atoms with Crippen molar-refractivity contribution in [3.05, 3.63) is 74.0 Å². The van der Waals surface area contributed by atoms with Crippen LogP contribution in [-0.2, 0) is 13.0 Å². The highest BCUT2D eigenvalue weighted by molar-refractivity contribution is 6.42. The monoisotopic (exact) mass is 406 g/mol. The lowest BCUT2D eigenvalue weighted by molar-refractivity contribution is 0.144. The molecule has 2 aromatic carbocycles. The largest absolute Gasteiger partial charge is 0.511 e. The lowest BCUT2D eigenvalue weighted by Gasteiger charge is -2.13. The minimum atomic E-state index is -1.55. The zero-order valence-electron chi connectivity index (χ0n) is 14.1. The summed E-state index contributed by atoms with van der Waals surface area (Å²) in [6.07, 6.45) is 0.280. The molecular formula is C19H16Cl2N2O4. The number of ether oxygens (including phenoxy) is 1. The molecular weight excluding hydrogens is 391 g/mol. The number of nitrogens with two attached hydrogens (primary N) is 1. The molecule has 0 fully saturated rings. The average Bonchev–Trinajstić information content (AvgIpc) is 2.63. The average molecular weight is 407 g/mol. The quantitative estimate of drug-likeness (QED) is 0.626. The van der Waals surface area contributed by atoms with Crippen molar-refractivity contribution in [2.24, 2.45) is 5.73 Å². The van der Waals surface area contributed by atoms with Crippen molar-refractivity contribution in [2.45, 2.75) is 13.0 Å². The van der Waals surface area contributed by atoms with Crippen molar-refractivity contribution in [1.29, 1.82) is 0 Å². The van der Waals surface area contributed by atoms with E-state index in [0.717, 1.165) is 11.1 Å². The molecule has 3 N–H and O–H groups in total. The van der Waals surface area contributed by atoms with Crippen LogP contribution < -0.4 is 15.9 Å². The number of carbonyl (C=O) groups is 1. The predicted octanol–water partition coefficient (Wildman–Crippen LogP) is 3.91.